The summed E-state index contributed by atoms with van der Waals surface area (Å²) in [5.74, 6) is 0. The minimum Gasteiger partial charge on any atom is -0.310 e. The maximum Gasteiger partial charge on any atom is 0.0732 e. The van der Waals surface area contributed by atoms with Crippen molar-refractivity contribution < 1.29 is 0 Å². The number of nitrogens with zero attached hydrogens (tertiary/aromatic N) is 1. The Morgan fingerprint density at radius 1 is 0.266 bits per heavy atom. The minimum atomic E-state index is -0.682. The summed E-state index contributed by atoms with van der Waals surface area (Å²) < 4.78 is 0. The molecule has 298 valence electrons. The first-order valence-corrected chi connectivity index (χ1v) is 22.3. The molecule has 0 fully saturated rings. The van der Waals surface area contributed by atoms with Crippen LogP contribution in [0.3, 0.4) is 0 Å². The predicted molar refractivity (Wildman–Crippen MR) is 269 cm³/mol. The van der Waals surface area contributed by atoms with Gasteiger partial charge in [0, 0.05) is 16.9 Å². The number of benzene rings is 11. The third kappa shape index (κ3) is 5.25. The van der Waals surface area contributed by atoms with E-state index in [1.807, 2.05) is 0 Å². The highest BCUT2D eigenvalue weighted by atomic mass is 15.1. The van der Waals surface area contributed by atoms with Crippen LogP contribution in [-0.2, 0) is 5.41 Å². The second-order valence-corrected chi connectivity index (χ2v) is 17.1. The number of fused-ring (bicyclic) bond motifs is 17. The molecule has 0 saturated heterocycles. The van der Waals surface area contributed by atoms with Gasteiger partial charge in [0.1, 0.15) is 0 Å². The van der Waals surface area contributed by atoms with Crippen LogP contribution in [0.25, 0.3) is 77.2 Å². The standard InChI is InChI=1S/C63H41N/c1-3-19-42(20-4-1)43-35-37-45(38-36-43)64(60-34-18-15-23-47(60)44-21-5-2-6-22-44)46-39-40-53-49-25-8-7-24-48(49)52-28-13-16-32-57(52)63(59(53)41-46)58-33-17-14-31-56(58)61-54-29-11-9-26-50(54)51-27-10-12-30-55(51)62(61)63/h1-41H. The molecule has 1 nitrogen and oxygen atoms in total. The van der Waals surface area contributed by atoms with Crippen molar-refractivity contribution in [1.82, 2.24) is 0 Å². The Morgan fingerprint density at radius 2 is 0.719 bits per heavy atom. The molecule has 1 heteroatoms. The molecule has 11 aromatic carbocycles. The van der Waals surface area contributed by atoms with Gasteiger partial charge in [0.25, 0.3) is 0 Å². The maximum absolute atomic E-state index is 2.54. The Labute approximate surface area is 373 Å². The van der Waals surface area contributed by atoms with Crippen molar-refractivity contribution in [3.63, 3.8) is 0 Å². The van der Waals surface area contributed by atoms with Crippen LogP contribution in [0.1, 0.15) is 22.3 Å². The Hall–Kier alpha value is -8.26. The second-order valence-electron chi connectivity index (χ2n) is 17.1. The highest BCUT2D eigenvalue weighted by Gasteiger charge is 2.51. The van der Waals surface area contributed by atoms with Gasteiger partial charge in [0.15, 0.2) is 0 Å². The van der Waals surface area contributed by atoms with E-state index in [1.165, 1.54) is 99.4 Å². The van der Waals surface area contributed by atoms with Crippen molar-refractivity contribution in [2.75, 3.05) is 4.90 Å². The van der Waals surface area contributed by atoms with Crippen LogP contribution >= 0.6 is 0 Å². The minimum absolute atomic E-state index is 0.682. The summed E-state index contributed by atoms with van der Waals surface area (Å²) in [6.45, 7) is 0. The molecule has 2 aliphatic rings. The summed E-state index contributed by atoms with van der Waals surface area (Å²) >= 11 is 0. The zero-order valence-corrected chi connectivity index (χ0v) is 35.1. The molecule has 11 aromatic rings. The molecule has 2 aliphatic carbocycles. The first-order chi connectivity index (χ1) is 31.8. The van der Waals surface area contributed by atoms with Gasteiger partial charge >= 0.3 is 0 Å². The van der Waals surface area contributed by atoms with Crippen molar-refractivity contribution in [3.05, 3.63) is 271 Å². The van der Waals surface area contributed by atoms with Crippen molar-refractivity contribution in [2.45, 2.75) is 5.41 Å². The number of para-hydroxylation sites is 1. The molecule has 0 aromatic heterocycles. The molecule has 1 atom stereocenters. The number of rotatable bonds is 5. The Bertz CT molecular complexity index is 3600. The van der Waals surface area contributed by atoms with Crippen molar-refractivity contribution >= 4 is 38.6 Å². The summed E-state index contributed by atoms with van der Waals surface area (Å²) in [7, 11) is 0. The fourth-order valence-corrected chi connectivity index (χ4v) is 11.3. The van der Waals surface area contributed by atoms with Gasteiger partial charge in [-0.1, -0.05) is 218 Å². The normalized spacial score (nSPS) is 14.3. The van der Waals surface area contributed by atoms with Gasteiger partial charge in [0.2, 0.25) is 0 Å². The van der Waals surface area contributed by atoms with Gasteiger partial charge in [-0.2, -0.15) is 0 Å². The first-order valence-electron chi connectivity index (χ1n) is 22.3. The van der Waals surface area contributed by atoms with Crippen molar-refractivity contribution in [1.29, 1.82) is 0 Å². The van der Waals surface area contributed by atoms with Gasteiger partial charge < -0.3 is 4.90 Å². The summed E-state index contributed by atoms with van der Waals surface area (Å²) in [4.78, 5) is 2.48. The zero-order chi connectivity index (χ0) is 42.2. The highest BCUT2D eigenvalue weighted by molar-refractivity contribution is 6.20. The van der Waals surface area contributed by atoms with Crippen LogP contribution < -0.4 is 4.90 Å². The molecule has 1 unspecified atom stereocenters. The summed E-state index contributed by atoms with van der Waals surface area (Å²) in [5.41, 5.74) is 20.2. The fraction of sp³-hybridized carbons (Fsp3) is 0.0159. The molecule has 0 saturated carbocycles. The van der Waals surface area contributed by atoms with Crippen molar-refractivity contribution in [3.8, 4) is 55.6 Å². The largest absolute Gasteiger partial charge is 0.310 e. The summed E-state index contributed by atoms with van der Waals surface area (Å²) in [6.07, 6.45) is 0. The van der Waals surface area contributed by atoms with Crippen LogP contribution in [0.4, 0.5) is 17.1 Å². The van der Waals surface area contributed by atoms with Gasteiger partial charge in [0.05, 0.1) is 11.1 Å². The van der Waals surface area contributed by atoms with E-state index in [4.69, 9.17) is 0 Å². The number of hydrogen-bond donors (Lipinski definition) is 0. The van der Waals surface area contributed by atoms with E-state index in [2.05, 4.69) is 254 Å². The summed E-state index contributed by atoms with van der Waals surface area (Å²) in [6, 6.07) is 92.4. The lowest BCUT2D eigenvalue weighted by atomic mass is 9.64. The van der Waals surface area contributed by atoms with Crippen LogP contribution in [-0.4, -0.2) is 0 Å². The zero-order valence-electron chi connectivity index (χ0n) is 35.1. The quantitative estimate of drug-likeness (QED) is 0.157. The lowest BCUT2D eigenvalue weighted by Gasteiger charge is -2.37. The van der Waals surface area contributed by atoms with E-state index in [0.29, 0.717) is 0 Å². The van der Waals surface area contributed by atoms with E-state index in [-0.39, 0.29) is 0 Å². The van der Waals surface area contributed by atoms with Gasteiger partial charge in [-0.15, -0.1) is 0 Å². The molecule has 13 rings (SSSR count). The first kappa shape index (κ1) is 36.4. The monoisotopic (exact) mass is 811 g/mol. The molecule has 0 bridgehead atoms. The van der Waals surface area contributed by atoms with Crippen LogP contribution in [0.2, 0.25) is 0 Å². The van der Waals surface area contributed by atoms with Gasteiger partial charge in [-0.3, -0.25) is 0 Å². The second kappa shape index (κ2) is 14.4. The molecule has 0 N–H and O–H groups in total. The molecule has 64 heavy (non-hydrogen) atoms. The van der Waals surface area contributed by atoms with E-state index in [9.17, 15) is 0 Å². The fourth-order valence-electron chi connectivity index (χ4n) is 11.3. The molecule has 0 amide bonds. The Morgan fingerprint density at radius 3 is 1.41 bits per heavy atom. The smallest absolute Gasteiger partial charge is 0.0732 e. The number of hydrogen-bond acceptors (Lipinski definition) is 1. The average Bonchev–Trinajstić information content (AvgIpc) is 3.64. The number of anilines is 3. The van der Waals surface area contributed by atoms with E-state index >= 15 is 0 Å². The Balaban J connectivity index is 1.18. The van der Waals surface area contributed by atoms with E-state index in [0.717, 1.165) is 17.1 Å². The maximum atomic E-state index is 2.54. The van der Waals surface area contributed by atoms with Crippen molar-refractivity contribution in [2.24, 2.45) is 0 Å². The molecular formula is C63H41N. The van der Waals surface area contributed by atoms with Crippen LogP contribution in [0.5, 0.6) is 0 Å². The molecule has 0 radical (unpaired) electrons. The van der Waals surface area contributed by atoms with Gasteiger partial charge in [-0.05, 0) is 124 Å². The third-order valence-corrected chi connectivity index (χ3v) is 13.9. The SMILES string of the molecule is c1ccc(-c2ccc(N(c3ccc4c(c3)C3(c5ccccc5-c5ccccc5-4)c4ccccc4-c4c3c3ccccc3c3ccccc43)c3ccccc3-c3ccccc3)cc2)cc1. The Kier molecular flexibility index (Phi) is 8.20. The van der Waals surface area contributed by atoms with E-state index in [1.54, 1.807) is 0 Å². The lowest BCUT2D eigenvalue weighted by Crippen LogP contribution is -2.30. The topological polar surface area (TPSA) is 3.24 Å². The van der Waals surface area contributed by atoms with Crippen LogP contribution in [0, 0.1) is 0 Å². The molecule has 0 heterocycles. The molecule has 0 aliphatic heterocycles. The van der Waals surface area contributed by atoms with E-state index < -0.39 is 5.41 Å². The average molecular weight is 812 g/mol. The third-order valence-electron chi connectivity index (χ3n) is 13.9. The molecular weight excluding hydrogens is 771 g/mol. The molecule has 1 spiro atoms. The highest BCUT2D eigenvalue weighted by Crippen LogP contribution is 2.64. The predicted octanol–water partition coefficient (Wildman–Crippen LogP) is 16.8. The van der Waals surface area contributed by atoms with Crippen LogP contribution in [0.15, 0.2) is 249 Å². The summed E-state index contributed by atoms with van der Waals surface area (Å²) in [5, 5.41) is 5.13. The lowest BCUT2D eigenvalue weighted by molar-refractivity contribution is 0.783. The van der Waals surface area contributed by atoms with Gasteiger partial charge in [-0.25, -0.2) is 0 Å².